The van der Waals surface area contributed by atoms with Crippen LogP contribution in [-0.2, 0) is 6.61 Å². The number of hydrogen-bond donors (Lipinski definition) is 3. The van der Waals surface area contributed by atoms with E-state index in [0.29, 0.717) is 32.2 Å². The lowest BCUT2D eigenvalue weighted by molar-refractivity contribution is 0.0911. The van der Waals surface area contributed by atoms with E-state index < -0.39 is 0 Å². The van der Waals surface area contributed by atoms with Crippen molar-refractivity contribution in [2.24, 2.45) is 0 Å². The molecule has 2 aromatic carbocycles. The molecule has 4 rings (SSSR count). The molecule has 34 heavy (non-hydrogen) atoms. The number of amides is 3. The van der Waals surface area contributed by atoms with Gasteiger partial charge in [0.05, 0.1) is 6.04 Å². The van der Waals surface area contributed by atoms with Gasteiger partial charge in [-0.05, 0) is 55.3 Å². The number of ether oxygens (including phenoxy) is 1. The topological polar surface area (TPSA) is 92.4 Å². The van der Waals surface area contributed by atoms with Gasteiger partial charge in [0, 0.05) is 27.2 Å². The molecular weight excluding hydrogens is 495 g/mol. The van der Waals surface area contributed by atoms with E-state index in [9.17, 15) is 9.59 Å². The van der Waals surface area contributed by atoms with Crippen molar-refractivity contribution in [1.29, 1.82) is 0 Å². The van der Waals surface area contributed by atoms with Crippen molar-refractivity contribution >= 4 is 52.2 Å². The number of urea groups is 1. The van der Waals surface area contributed by atoms with E-state index in [4.69, 9.17) is 27.9 Å². The van der Waals surface area contributed by atoms with Crippen LogP contribution in [0.15, 0.2) is 53.9 Å². The van der Waals surface area contributed by atoms with Crippen LogP contribution in [0.5, 0.6) is 5.75 Å². The van der Waals surface area contributed by atoms with Gasteiger partial charge in [0.15, 0.2) is 0 Å². The summed E-state index contributed by atoms with van der Waals surface area (Å²) in [6.45, 7) is 0.261. The molecule has 1 saturated carbocycles. The van der Waals surface area contributed by atoms with Gasteiger partial charge in [0.25, 0.3) is 5.91 Å². The Bertz CT molecular complexity index is 1140. The van der Waals surface area contributed by atoms with E-state index >= 15 is 0 Å². The summed E-state index contributed by atoms with van der Waals surface area (Å²) in [6.07, 6.45) is 3.53. The highest BCUT2D eigenvalue weighted by molar-refractivity contribution is 7.09. The second kappa shape index (κ2) is 11.6. The molecule has 0 aliphatic heterocycles. The number of rotatable bonds is 7. The lowest BCUT2D eigenvalue weighted by Gasteiger charge is -2.32. The Morgan fingerprint density at radius 2 is 1.74 bits per heavy atom. The lowest BCUT2D eigenvalue weighted by atomic mass is 9.90. The first-order chi connectivity index (χ1) is 16.5. The molecule has 10 heteroatoms. The van der Waals surface area contributed by atoms with Gasteiger partial charge >= 0.3 is 6.03 Å². The molecule has 2 unspecified atom stereocenters. The SMILES string of the molecule is O=C(Nc1cccc(Cl)c1)NC1CCCCC1NC(=O)c1csc(COc2ccc(Cl)cc2)n1. The number of halogens is 2. The molecule has 178 valence electrons. The van der Waals surface area contributed by atoms with Crippen LogP contribution in [0.25, 0.3) is 0 Å². The van der Waals surface area contributed by atoms with Crippen molar-refractivity contribution in [1.82, 2.24) is 15.6 Å². The van der Waals surface area contributed by atoms with Gasteiger partial charge in [0.2, 0.25) is 0 Å². The Morgan fingerprint density at radius 3 is 2.47 bits per heavy atom. The highest BCUT2D eigenvalue weighted by Crippen LogP contribution is 2.21. The Labute approximate surface area is 211 Å². The zero-order valence-electron chi connectivity index (χ0n) is 18.2. The second-order valence-electron chi connectivity index (χ2n) is 7.95. The van der Waals surface area contributed by atoms with E-state index in [1.54, 1.807) is 53.9 Å². The maximum absolute atomic E-state index is 12.8. The maximum Gasteiger partial charge on any atom is 0.319 e. The molecule has 7 nitrogen and oxygen atoms in total. The Hall–Kier alpha value is -2.81. The van der Waals surface area contributed by atoms with E-state index in [-0.39, 0.29) is 30.6 Å². The predicted molar refractivity (Wildman–Crippen MR) is 135 cm³/mol. The number of benzene rings is 2. The molecule has 0 saturated heterocycles. The zero-order chi connectivity index (χ0) is 23.9. The number of carbonyl (C=O) groups excluding carboxylic acids is 2. The molecule has 0 bridgehead atoms. The minimum Gasteiger partial charge on any atom is -0.486 e. The van der Waals surface area contributed by atoms with Crippen molar-refractivity contribution < 1.29 is 14.3 Å². The average Bonchev–Trinajstić information content (AvgIpc) is 3.29. The number of thiazole rings is 1. The minimum atomic E-state index is -0.330. The summed E-state index contributed by atoms with van der Waals surface area (Å²) >= 11 is 13.2. The van der Waals surface area contributed by atoms with Crippen LogP contribution in [0.2, 0.25) is 10.0 Å². The average molecular weight is 519 g/mol. The fraction of sp³-hybridized carbons (Fsp3) is 0.292. The molecule has 1 heterocycles. The van der Waals surface area contributed by atoms with Gasteiger partial charge < -0.3 is 20.7 Å². The van der Waals surface area contributed by atoms with E-state index in [2.05, 4.69) is 20.9 Å². The third-order valence-corrected chi connectivity index (χ3v) is 6.75. The standard InChI is InChI=1S/C24H24Cl2N4O3S/c25-15-8-10-18(11-9-15)33-13-22-28-21(14-34-22)23(31)29-19-6-1-2-7-20(19)30-24(32)27-17-5-3-4-16(26)12-17/h3-5,8-12,14,19-20H,1-2,6-7,13H2,(H,29,31)(H2,27,30,32). The molecule has 0 spiro atoms. The Morgan fingerprint density at radius 1 is 1.00 bits per heavy atom. The van der Waals surface area contributed by atoms with Crippen LogP contribution in [0.1, 0.15) is 41.2 Å². The molecule has 1 aliphatic rings. The Balaban J connectivity index is 1.31. The summed E-state index contributed by atoms with van der Waals surface area (Å²) in [6, 6.07) is 13.3. The van der Waals surface area contributed by atoms with Crippen molar-refractivity contribution in [3.63, 3.8) is 0 Å². The largest absolute Gasteiger partial charge is 0.486 e. The molecule has 1 aromatic heterocycles. The quantitative estimate of drug-likeness (QED) is 0.363. The summed E-state index contributed by atoms with van der Waals surface area (Å²) in [5.74, 6) is 0.417. The number of aromatic nitrogens is 1. The summed E-state index contributed by atoms with van der Waals surface area (Å²) in [5.41, 5.74) is 0.949. The number of hydrogen-bond acceptors (Lipinski definition) is 5. The highest BCUT2D eigenvalue weighted by atomic mass is 35.5. The van der Waals surface area contributed by atoms with Crippen molar-refractivity contribution in [3.8, 4) is 5.75 Å². The lowest BCUT2D eigenvalue weighted by Crippen LogP contribution is -2.54. The van der Waals surface area contributed by atoms with Crippen LogP contribution >= 0.6 is 34.5 Å². The van der Waals surface area contributed by atoms with Crippen LogP contribution in [0, 0.1) is 0 Å². The van der Waals surface area contributed by atoms with Crippen molar-refractivity contribution in [3.05, 3.63) is 74.7 Å². The van der Waals surface area contributed by atoms with Gasteiger partial charge in [-0.2, -0.15) is 0 Å². The van der Waals surface area contributed by atoms with Crippen molar-refractivity contribution in [2.75, 3.05) is 5.32 Å². The third kappa shape index (κ3) is 6.85. The third-order valence-electron chi connectivity index (χ3n) is 5.44. The molecule has 3 aromatic rings. The van der Waals surface area contributed by atoms with Crippen LogP contribution < -0.4 is 20.7 Å². The smallest absolute Gasteiger partial charge is 0.319 e. The number of carbonyl (C=O) groups is 2. The Kier molecular flexibility index (Phi) is 8.26. The number of anilines is 1. The van der Waals surface area contributed by atoms with E-state index in [1.807, 2.05) is 0 Å². The number of nitrogens with zero attached hydrogens (tertiary/aromatic N) is 1. The first-order valence-electron chi connectivity index (χ1n) is 10.9. The van der Waals surface area contributed by atoms with Gasteiger partial charge in [-0.3, -0.25) is 4.79 Å². The molecule has 3 N–H and O–H groups in total. The normalized spacial score (nSPS) is 17.6. The molecule has 3 amide bonds. The summed E-state index contributed by atoms with van der Waals surface area (Å²) < 4.78 is 5.70. The van der Waals surface area contributed by atoms with E-state index in [1.165, 1.54) is 11.3 Å². The van der Waals surface area contributed by atoms with Crippen LogP contribution in [0.4, 0.5) is 10.5 Å². The molecule has 2 atom stereocenters. The number of nitrogens with one attached hydrogen (secondary N) is 3. The summed E-state index contributed by atoms with van der Waals surface area (Å²) in [4.78, 5) is 29.7. The van der Waals surface area contributed by atoms with Crippen LogP contribution in [-0.4, -0.2) is 29.0 Å². The zero-order valence-corrected chi connectivity index (χ0v) is 20.6. The highest BCUT2D eigenvalue weighted by Gasteiger charge is 2.28. The fourth-order valence-corrected chi connectivity index (χ4v) is 4.78. The molecule has 1 fully saturated rings. The van der Waals surface area contributed by atoms with Gasteiger partial charge in [-0.1, -0.05) is 42.1 Å². The van der Waals surface area contributed by atoms with Gasteiger partial charge in [0.1, 0.15) is 23.1 Å². The van der Waals surface area contributed by atoms with Gasteiger partial charge in [-0.15, -0.1) is 11.3 Å². The molecular formula is C24H24Cl2N4O3S. The monoisotopic (exact) mass is 518 g/mol. The molecule has 0 radical (unpaired) electrons. The fourth-order valence-electron chi connectivity index (χ4n) is 3.78. The first kappa shape index (κ1) is 24.3. The van der Waals surface area contributed by atoms with Crippen molar-refractivity contribution in [2.45, 2.75) is 44.4 Å². The second-order valence-corrected chi connectivity index (χ2v) is 9.76. The summed E-state index contributed by atoms with van der Waals surface area (Å²) in [5, 5.41) is 12.4. The van der Waals surface area contributed by atoms with Crippen LogP contribution in [0.3, 0.4) is 0 Å². The first-order valence-corrected chi connectivity index (χ1v) is 12.6. The van der Waals surface area contributed by atoms with Gasteiger partial charge in [-0.25, -0.2) is 9.78 Å². The molecule has 1 aliphatic carbocycles. The summed E-state index contributed by atoms with van der Waals surface area (Å²) in [7, 11) is 0. The maximum atomic E-state index is 12.8. The minimum absolute atomic E-state index is 0.178. The van der Waals surface area contributed by atoms with E-state index in [0.717, 1.165) is 25.7 Å². The predicted octanol–water partition coefficient (Wildman–Crippen LogP) is 5.89.